The summed E-state index contributed by atoms with van der Waals surface area (Å²) < 4.78 is 5.70. The van der Waals surface area contributed by atoms with Crippen molar-refractivity contribution < 1.29 is 39.7 Å². The summed E-state index contributed by atoms with van der Waals surface area (Å²) >= 11 is 0. The van der Waals surface area contributed by atoms with Gasteiger partial charge < -0.3 is 30.1 Å². The Morgan fingerprint density at radius 3 is 2.53 bits per heavy atom. The number of fused-ring (bicyclic) bond motifs is 2. The summed E-state index contributed by atoms with van der Waals surface area (Å²) in [5.74, 6) is 1.22. The summed E-state index contributed by atoms with van der Waals surface area (Å²) in [6, 6.07) is 5.95. The van der Waals surface area contributed by atoms with Crippen molar-refractivity contribution in [1.29, 1.82) is 0 Å². The molecule has 0 aliphatic heterocycles. The third kappa shape index (κ3) is 10.4. The van der Waals surface area contributed by atoms with Crippen LogP contribution in [0.4, 0.5) is 0 Å². The van der Waals surface area contributed by atoms with Crippen molar-refractivity contribution in [1.82, 2.24) is 4.90 Å². The van der Waals surface area contributed by atoms with Gasteiger partial charge in [-0.25, -0.2) is 4.79 Å². The van der Waals surface area contributed by atoms with Crippen LogP contribution < -0.4 is 4.74 Å². The summed E-state index contributed by atoms with van der Waals surface area (Å²) in [6.45, 7) is 3.58. The minimum atomic E-state index is -0.572. The van der Waals surface area contributed by atoms with Crippen LogP contribution in [0.3, 0.4) is 0 Å². The van der Waals surface area contributed by atoms with Crippen LogP contribution in [0.25, 0.3) is 0 Å². The number of carbonyl (C=O) groups excluding carboxylic acids is 1. The topological polar surface area (TPSA) is 129 Å². The smallest absolute Gasteiger partial charge is 0.379 e. The molecule has 218 valence electrons. The molecule has 1 saturated carbocycles. The summed E-state index contributed by atoms with van der Waals surface area (Å²) in [5, 5.41) is 37.7. The van der Waals surface area contributed by atoms with Gasteiger partial charge in [-0.05, 0) is 80.5 Å². The van der Waals surface area contributed by atoms with Gasteiger partial charge in [-0.3, -0.25) is 4.89 Å². The molecule has 0 amide bonds. The number of aliphatic hydroxyl groups is 4. The highest BCUT2D eigenvalue weighted by Gasteiger charge is 2.44. The van der Waals surface area contributed by atoms with Crippen molar-refractivity contribution in [2.45, 2.75) is 76.9 Å². The molecule has 1 fully saturated rings. The lowest BCUT2D eigenvalue weighted by atomic mass is 9.73. The monoisotopic (exact) mass is 539 g/mol. The molecular weight excluding hydrogens is 490 g/mol. The molecule has 0 radical (unpaired) electrons. The number of unbranched alkanes of at least 4 members (excludes halogenated alkanes) is 2. The molecule has 2 aliphatic carbocycles. The zero-order valence-corrected chi connectivity index (χ0v) is 23.4. The molecule has 4 N–H and O–H groups in total. The predicted octanol–water partition coefficient (Wildman–Crippen LogP) is 2.51. The molecule has 0 heterocycles. The van der Waals surface area contributed by atoms with Crippen LogP contribution in [0, 0.1) is 17.8 Å². The van der Waals surface area contributed by atoms with Crippen LogP contribution in [0.2, 0.25) is 0 Å². The number of ether oxygens (including phenoxy) is 1. The van der Waals surface area contributed by atoms with Gasteiger partial charge in [0.15, 0.2) is 6.61 Å². The van der Waals surface area contributed by atoms with Crippen LogP contribution in [-0.2, 0) is 27.4 Å². The van der Waals surface area contributed by atoms with Gasteiger partial charge in [-0.1, -0.05) is 38.3 Å². The van der Waals surface area contributed by atoms with Crippen molar-refractivity contribution in [2.75, 3.05) is 47.1 Å². The molecule has 9 nitrogen and oxygen atoms in total. The summed E-state index contributed by atoms with van der Waals surface area (Å²) in [5.41, 5.74) is 2.37. The fourth-order valence-electron chi connectivity index (χ4n) is 5.81. The van der Waals surface area contributed by atoms with Crippen molar-refractivity contribution >= 4 is 5.97 Å². The molecule has 0 bridgehead atoms. The standard InChI is InChI=1S/C24H36O6.C5H13NO2/c1-3-4-5-8-18(25)10-11-19-20-12-16-7-6-9-23(29-15-24(27)30-28-2)21(16)13-17(20)14-22(19)26;1-6(2-4-7)3-5-8/h6-7,9,17-20,22,25-26H,3-5,8,10-15H2,1-2H3;7-8H,2-5H2,1H3/t17?,18?,19?,20?,22-;/m1./s1. The van der Waals surface area contributed by atoms with E-state index < -0.39 is 5.97 Å². The zero-order valence-electron chi connectivity index (χ0n) is 23.4. The van der Waals surface area contributed by atoms with Crippen LogP contribution in [-0.4, -0.2) is 90.6 Å². The van der Waals surface area contributed by atoms with Crippen molar-refractivity contribution in [2.24, 2.45) is 17.8 Å². The minimum absolute atomic E-state index is 0.163. The first-order valence-electron chi connectivity index (χ1n) is 14.1. The number of aliphatic hydroxyl groups excluding tert-OH is 4. The number of likely N-dealkylation sites (N-methyl/N-ethyl adjacent to an activating group) is 1. The van der Waals surface area contributed by atoms with Crippen LogP contribution in [0.1, 0.15) is 63.0 Å². The number of carbonyl (C=O) groups is 1. The Kier molecular flexibility index (Phi) is 15.2. The average Bonchev–Trinajstić information content (AvgIpc) is 3.19. The molecule has 1 aromatic carbocycles. The van der Waals surface area contributed by atoms with Gasteiger partial charge in [-0.15, -0.1) is 0 Å². The van der Waals surface area contributed by atoms with Gasteiger partial charge >= 0.3 is 5.97 Å². The van der Waals surface area contributed by atoms with E-state index in [9.17, 15) is 15.0 Å². The Bertz CT molecular complexity index is 801. The molecule has 4 unspecified atom stereocenters. The van der Waals surface area contributed by atoms with E-state index >= 15 is 0 Å². The maximum absolute atomic E-state index is 11.5. The normalized spacial score (nSPS) is 22.7. The fourth-order valence-corrected chi connectivity index (χ4v) is 5.81. The average molecular weight is 540 g/mol. The number of hydrogen-bond donors (Lipinski definition) is 4. The molecule has 0 spiro atoms. The summed E-state index contributed by atoms with van der Waals surface area (Å²) in [6.07, 6.45) is 7.90. The predicted molar refractivity (Wildman–Crippen MR) is 145 cm³/mol. The van der Waals surface area contributed by atoms with Gasteiger partial charge in [0.2, 0.25) is 0 Å². The second-order valence-electron chi connectivity index (χ2n) is 10.6. The first-order valence-corrected chi connectivity index (χ1v) is 14.1. The zero-order chi connectivity index (χ0) is 27.9. The highest BCUT2D eigenvalue weighted by atomic mass is 17.2. The van der Waals surface area contributed by atoms with E-state index in [1.54, 1.807) is 0 Å². The lowest BCUT2D eigenvalue weighted by Crippen LogP contribution is -2.28. The van der Waals surface area contributed by atoms with Crippen molar-refractivity contribution in [3.63, 3.8) is 0 Å². The lowest BCUT2D eigenvalue weighted by Gasteiger charge is -2.32. The van der Waals surface area contributed by atoms with E-state index in [-0.39, 0.29) is 37.9 Å². The number of benzene rings is 1. The molecular formula is C29H49NO8. The molecule has 5 atom stereocenters. The van der Waals surface area contributed by atoms with E-state index in [1.807, 2.05) is 24.1 Å². The summed E-state index contributed by atoms with van der Waals surface area (Å²) in [4.78, 5) is 22.2. The first kappa shape index (κ1) is 32.5. The van der Waals surface area contributed by atoms with Crippen LogP contribution in [0.5, 0.6) is 5.75 Å². The molecule has 0 saturated heterocycles. The van der Waals surface area contributed by atoms with E-state index in [4.69, 9.17) is 14.9 Å². The Balaban J connectivity index is 0.000000550. The Morgan fingerprint density at radius 1 is 1.13 bits per heavy atom. The highest BCUT2D eigenvalue weighted by Crippen LogP contribution is 2.48. The minimum Gasteiger partial charge on any atom is -0.481 e. The second-order valence-corrected chi connectivity index (χ2v) is 10.6. The van der Waals surface area contributed by atoms with Crippen molar-refractivity contribution in [3.05, 3.63) is 29.3 Å². The van der Waals surface area contributed by atoms with Crippen molar-refractivity contribution in [3.8, 4) is 5.75 Å². The fraction of sp³-hybridized carbons (Fsp3) is 0.759. The largest absolute Gasteiger partial charge is 0.481 e. The van der Waals surface area contributed by atoms with Gasteiger partial charge in [0, 0.05) is 13.1 Å². The third-order valence-electron chi connectivity index (χ3n) is 7.81. The summed E-state index contributed by atoms with van der Waals surface area (Å²) in [7, 11) is 3.14. The lowest BCUT2D eigenvalue weighted by molar-refractivity contribution is -0.256. The highest BCUT2D eigenvalue weighted by molar-refractivity contribution is 5.70. The van der Waals surface area contributed by atoms with E-state index in [0.717, 1.165) is 63.4 Å². The number of rotatable bonds is 15. The molecule has 9 heteroatoms. The van der Waals surface area contributed by atoms with Gasteiger partial charge in [0.25, 0.3) is 0 Å². The quantitative estimate of drug-likeness (QED) is 0.151. The molecule has 38 heavy (non-hydrogen) atoms. The molecule has 3 rings (SSSR count). The SMILES string of the molecule is CCCCCC(O)CCC1C2Cc3cccc(OCC(=O)OOC)c3CC2C[C@H]1O.CN(CCO)CCO. The van der Waals surface area contributed by atoms with E-state index in [0.29, 0.717) is 30.7 Å². The van der Waals surface area contributed by atoms with E-state index in [1.165, 1.54) is 12.7 Å². The van der Waals surface area contributed by atoms with Gasteiger partial charge in [0.1, 0.15) is 5.75 Å². The molecule has 1 aromatic rings. The Morgan fingerprint density at radius 2 is 1.87 bits per heavy atom. The van der Waals surface area contributed by atoms with Crippen LogP contribution >= 0.6 is 0 Å². The van der Waals surface area contributed by atoms with E-state index in [2.05, 4.69) is 22.8 Å². The Hall–Kier alpha value is -1.75. The second kappa shape index (κ2) is 17.8. The number of nitrogens with zero attached hydrogens (tertiary/aromatic N) is 1. The Labute approximate surface area is 227 Å². The maximum Gasteiger partial charge on any atom is 0.379 e. The molecule has 2 aliphatic rings. The third-order valence-corrected chi connectivity index (χ3v) is 7.81. The number of hydrogen-bond acceptors (Lipinski definition) is 9. The van der Waals surface area contributed by atoms with Crippen LogP contribution in [0.15, 0.2) is 18.2 Å². The van der Waals surface area contributed by atoms with Gasteiger partial charge in [0.05, 0.1) is 32.5 Å². The molecule has 0 aromatic heterocycles. The maximum atomic E-state index is 11.5. The van der Waals surface area contributed by atoms with Gasteiger partial charge in [-0.2, -0.15) is 4.89 Å². The first-order chi connectivity index (χ1) is 18.3.